The number of nitrogens with zero attached hydrogens (tertiary/aromatic N) is 3. The number of rotatable bonds is 5. The molecule has 2 fully saturated rings. The second-order valence-electron chi connectivity index (χ2n) is 7.90. The third-order valence-electron chi connectivity index (χ3n) is 5.79. The zero-order valence-electron chi connectivity index (χ0n) is 16.4. The zero-order chi connectivity index (χ0) is 19.8. The van der Waals surface area contributed by atoms with E-state index < -0.39 is 0 Å². The summed E-state index contributed by atoms with van der Waals surface area (Å²) in [5, 5.41) is 0. The average molecular weight is 383 g/mol. The fourth-order valence-corrected chi connectivity index (χ4v) is 4.04. The van der Waals surface area contributed by atoms with E-state index in [1.54, 1.807) is 12.1 Å². The average Bonchev–Trinajstić information content (AvgIpc) is 3.48. The Labute approximate surface area is 164 Å². The fourth-order valence-electron chi connectivity index (χ4n) is 4.04. The number of benzene rings is 1. The van der Waals surface area contributed by atoms with Crippen LogP contribution in [0.1, 0.15) is 34.6 Å². The molecule has 1 aromatic carbocycles. The van der Waals surface area contributed by atoms with Gasteiger partial charge in [-0.25, -0.2) is 4.39 Å². The van der Waals surface area contributed by atoms with Crippen molar-refractivity contribution in [3.8, 4) is 5.69 Å². The van der Waals surface area contributed by atoms with Crippen LogP contribution >= 0.6 is 0 Å². The maximum Gasteiger partial charge on any atom is 0.225 e. The highest BCUT2D eigenvalue weighted by molar-refractivity contribution is 5.99. The van der Waals surface area contributed by atoms with Gasteiger partial charge in [0.25, 0.3) is 0 Å². The summed E-state index contributed by atoms with van der Waals surface area (Å²) in [7, 11) is 0. The molecule has 28 heavy (non-hydrogen) atoms. The number of hydrogen-bond acceptors (Lipinski definition) is 3. The molecule has 1 saturated heterocycles. The van der Waals surface area contributed by atoms with Gasteiger partial charge in [-0.2, -0.15) is 0 Å². The van der Waals surface area contributed by atoms with Gasteiger partial charge in [-0.3, -0.25) is 14.5 Å². The third kappa shape index (κ3) is 3.74. The van der Waals surface area contributed by atoms with Crippen molar-refractivity contribution in [3.05, 3.63) is 53.1 Å². The molecule has 4 rings (SSSR count). The van der Waals surface area contributed by atoms with Crippen molar-refractivity contribution in [1.82, 2.24) is 14.4 Å². The first kappa shape index (κ1) is 18.9. The molecule has 0 atom stereocenters. The lowest BCUT2D eigenvalue weighted by Gasteiger charge is -2.34. The van der Waals surface area contributed by atoms with Gasteiger partial charge in [0, 0.05) is 54.7 Å². The smallest absolute Gasteiger partial charge is 0.225 e. The minimum atomic E-state index is -0.276. The van der Waals surface area contributed by atoms with Crippen LogP contribution in [0.3, 0.4) is 0 Å². The molecule has 2 aromatic rings. The summed E-state index contributed by atoms with van der Waals surface area (Å²) in [6.07, 6.45) is 2.06. The molecule has 0 N–H and O–H groups in total. The van der Waals surface area contributed by atoms with Crippen molar-refractivity contribution >= 4 is 11.7 Å². The molecule has 0 unspecified atom stereocenters. The van der Waals surface area contributed by atoms with E-state index in [0.717, 1.165) is 43.0 Å². The molecule has 1 aliphatic carbocycles. The van der Waals surface area contributed by atoms with Gasteiger partial charge in [0.05, 0.1) is 6.54 Å². The van der Waals surface area contributed by atoms with Gasteiger partial charge >= 0.3 is 0 Å². The van der Waals surface area contributed by atoms with Crippen LogP contribution in [0.4, 0.5) is 4.39 Å². The largest absolute Gasteiger partial charge is 0.340 e. The number of halogens is 1. The summed E-state index contributed by atoms with van der Waals surface area (Å²) in [5.41, 5.74) is 3.38. The van der Waals surface area contributed by atoms with Gasteiger partial charge in [0.15, 0.2) is 5.78 Å². The minimum Gasteiger partial charge on any atom is -0.340 e. The number of aryl methyl sites for hydroxylation is 1. The molecular weight excluding hydrogens is 357 g/mol. The predicted octanol–water partition coefficient (Wildman–Crippen LogP) is 2.97. The molecule has 2 aliphatic rings. The van der Waals surface area contributed by atoms with Crippen LogP contribution in [0.25, 0.3) is 5.69 Å². The summed E-state index contributed by atoms with van der Waals surface area (Å²) in [6.45, 7) is 7.13. The van der Waals surface area contributed by atoms with Crippen LogP contribution in [0, 0.1) is 25.6 Å². The number of ketones is 1. The van der Waals surface area contributed by atoms with Crippen LogP contribution in [-0.4, -0.2) is 58.8 Å². The Morgan fingerprint density at radius 2 is 1.68 bits per heavy atom. The van der Waals surface area contributed by atoms with Crippen molar-refractivity contribution in [3.63, 3.8) is 0 Å². The fraction of sp³-hybridized carbons (Fsp3) is 0.455. The first-order chi connectivity index (χ1) is 13.4. The molecule has 5 nitrogen and oxygen atoms in total. The molecule has 0 radical (unpaired) electrons. The zero-order valence-corrected chi connectivity index (χ0v) is 16.4. The van der Waals surface area contributed by atoms with Crippen LogP contribution in [0.2, 0.25) is 0 Å². The summed E-state index contributed by atoms with van der Waals surface area (Å²) in [6, 6.07) is 8.21. The highest BCUT2D eigenvalue weighted by Gasteiger charge is 2.34. The summed E-state index contributed by atoms with van der Waals surface area (Å²) in [5.74, 6) is 0.351. The van der Waals surface area contributed by atoms with E-state index in [1.807, 2.05) is 29.4 Å². The lowest BCUT2D eigenvalue weighted by molar-refractivity contribution is -0.134. The van der Waals surface area contributed by atoms with Crippen molar-refractivity contribution in [1.29, 1.82) is 0 Å². The number of aromatic nitrogens is 1. The highest BCUT2D eigenvalue weighted by atomic mass is 19.1. The van der Waals surface area contributed by atoms with Gasteiger partial charge in [-0.05, 0) is 57.0 Å². The van der Waals surface area contributed by atoms with Crippen LogP contribution in [0.5, 0.6) is 0 Å². The van der Waals surface area contributed by atoms with Crippen molar-refractivity contribution in [2.24, 2.45) is 5.92 Å². The molecule has 1 saturated carbocycles. The van der Waals surface area contributed by atoms with E-state index in [0.29, 0.717) is 25.2 Å². The highest BCUT2D eigenvalue weighted by Crippen LogP contribution is 2.31. The minimum absolute atomic E-state index is 0.0865. The van der Waals surface area contributed by atoms with E-state index in [2.05, 4.69) is 4.90 Å². The number of hydrogen-bond donors (Lipinski definition) is 0. The first-order valence-corrected chi connectivity index (χ1v) is 9.93. The Hall–Kier alpha value is -2.47. The second kappa shape index (κ2) is 7.51. The van der Waals surface area contributed by atoms with E-state index in [9.17, 15) is 14.0 Å². The van der Waals surface area contributed by atoms with Gasteiger partial charge in [-0.1, -0.05) is 0 Å². The molecular formula is C22H26FN3O2. The number of piperazine rings is 1. The molecule has 0 bridgehead atoms. The Bertz CT molecular complexity index is 891. The van der Waals surface area contributed by atoms with Gasteiger partial charge < -0.3 is 9.47 Å². The van der Waals surface area contributed by atoms with Crippen molar-refractivity contribution < 1.29 is 14.0 Å². The predicted molar refractivity (Wildman–Crippen MR) is 105 cm³/mol. The maximum absolute atomic E-state index is 13.2. The molecule has 1 aromatic heterocycles. The van der Waals surface area contributed by atoms with E-state index in [-0.39, 0.29) is 23.4 Å². The normalized spacial score (nSPS) is 17.8. The Morgan fingerprint density at radius 3 is 2.29 bits per heavy atom. The monoisotopic (exact) mass is 383 g/mol. The topological polar surface area (TPSA) is 45.6 Å². The Morgan fingerprint density at radius 1 is 1.04 bits per heavy atom. The van der Waals surface area contributed by atoms with E-state index >= 15 is 0 Å². The van der Waals surface area contributed by atoms with Gasteiger partial charge in [-0.15, -0.1) is 0 Å². The number of Topliss-reactive ketones (excluding diaryl/α,β-unsaturated/α-hetero) is 1. The molecule has 2 heterocycles. The second-order valence-corrected chi connectivity index (χ2v) is 7.90. The SMILES string of the molecule is Cc1cc(C(=O)CN2CCN(C(=O)C3CC3)CC2)c(C)n1-c1ccc(F)cc1. The number of carbonyl (C=O) groups is 2. The molecule has 6 heteroatoms. The van der Waals surface area contributed by atoms with E-state index in [4.69, 9.17) is 0 Å². The number of amides is 1. The van der Waals surface area contributed by atoms with Crippen LogP contribution in [0.15, 0.2) is 30.3 Å². The first-order valence-electron chi connectivity index (χ1n) is 9.93. The molecule has 1 amide bonds. The molecule has 0 spiro atoms. The van der Waals surface area contributed by atoms with Crippen LogP contribution < -0.4 is 0 Å². The summed E-state index contributed by atoms with van der Waals surface area (Å²) >= 11 is 0. The van der Waals surface area contributed by atoms with E-state index in [1.165, 1.54) is 12.1 Å². The quantitative estimate of drug-likeness (QED) is 0.746. The van der Waals surface area contributed by atoms with Gasteiger partial charge in [0.2, 0.25) is 5.91 Å². The Kier molecular flexibility index (Phi) is 5.06. The number of carbonyl (C=O) groups excluding carboxylic acids is 2. The Balaban J connectivity index is 1.42. The molecule has 148 valence electrons. The third-order valence-corrected chi connectivity index (χ3v) is 5.79. The van der Waals surface area contributed by atoms with Crippen molar-refractivity contribution in [2.45, 2.75) is 26.7 Å². The summed E-state index contributed by atoms with van der Waals surface area (Å²) < 4.78 is 15.2. The maximum atomic E-state index is 13.2. The van der Waals surface area contributed by atoms with Gasteiger partial charge in [0.1, 0.15) is 5.82 Å². The summed E-state index contributed by atoms with van der Waals surface area (Å²) in [4.78, 5) is 29.2. The van der Waals surface area contributed by atoms with Crippen molar-refractivity contribution in [2.75, 3.05) is 32.7 Å². The van der Waals surface area contributed by atoms with Crippen LogP contribution in [-0.2, 0) is 4.79 Å². The lowest BCUT2D eigenvalue weighted by atomic mass is 10.1. The standard InChI is InChI=1S/C22H26FN3O2/c1-15-13-20(16(2)26(15)19-7-5-18(23)6-8-19)21(27)14-24-9-11-25(12-10-24)22(28)17-3-4-17/h5-8,13,17H,3-4,9-12,14H2,1-2H3. The lowest BCUT2D eigenvalue weighted by Crippen LogP contribution is -2.50. The molecule has 1 aliphatic heterocycles.